The molecule has 1 aromatic carbocycles. The van der Waals surface area contributed by atoms with Gasteiger partial charge in [0.25, 0.3) is 0 Å². The van der Waals surface area contributed by atoms with Crippen LogP contribution in [0.15, 0.2) is 34.9 Å². The van der Waals surface area contributed by atoms with Gasteiger partial charge in [-0.05, 0) is 70.2 Å². The second-order valence-electron chi connectivity index (χ2n) is 3.97. The van der Waals surface area contributed by atoms with Gasteiger partial charge < -0.3 is 5.32 Å². The number of hydrogen-bond acceptors (Lipinski definition) is 2. The Balaban J connectivity index is 2.44. The van der Waals surface area contributed by atoms with E-state index in [4.69, 9.17) is 0 Å². The van der Waals surface area contributed by atoms with Crippen LogP contribution in [0.4, 0.5) is 0 Å². The van der Waals surface area contributed by atoms with Crippen LogP contribution >= 0.6 is 38.5 Å². The van der Waals surface area contributed by atoms with E-state index < -0.39 is 0 Å². The highest BCUT2D eigenvalue weighted by Gasteiger charge is 2.19. The fourth-order valence-electron chi connectivity index (χ4n) is 2.03. The molecule has 1 heterocycles. The van der Waals surface area contributed by atoms with Gasteiger partial charge in [0.05, 0.1) is 22.4 Å². The Bertz CT molecular complexity index is 522. The first-order chi connectivity index (χ1) is 8.67. The van der Waals surface area contributed by atoms with E-state index >= 15 is 0 Å². The number of hydrogen-bond donors (Lipinski definition) is 1. The number of aromatic nitrogens is 2. The van der Waals surface area contributed by atoms with Crippen LogP contribution < -0.4 is 5.32 Å². The van der Waals surface area contributed by atoms with Gasteiger partial charge in [0.2, 0.25) is 0 Å². The zero-order chi connectivity index (χ0) is 13.1. The lowest BCUT2D eigenvalue weighted by molar-refractivity contribution is 0.561. The van der Waals surface area contributed by atoms with Gasteiger partial charge in [-0.2, -0.15) is 5.10 Å². The monoisotopic (exact) mass is 419 g/mol. The molecule has 0 aliphatic rings. The summed E-state index contributed by atoms with van der Waals surface area (Å²) in [5.41, 5.74) is 2.41. The molecule has 0 radical (unpaired) electrons. The minimum Gasteiger partial charge on any atom is -0.308 e. The summed E-state index contributed by atoms with van der Waals surface area (Å²) in [6, 6.07) is 8.71. The number of halogens is 2. The summed E-state index contributed by atoms with van der Waals surface area (Å²) in [5, 5.41) is 7.74. The molecule has 0 saturated carbocycles. The highest BCUT2D eigenvalue weighted by Crippen LogP contribution is 2.28. The Morgan fingerprint density at radius 3 is 2.61 bits per heavy atom. The van der Waals surface area contributed by atoms with Crippen LogP contribution in [0, 0.1) is 3.57 Å². The van der Waals surface area contributed by atoms with Crippen molar-refractivity contribution in [2.75, 3.05) is 7.05 Å². The van der Waals surface area contributed by atoms with Crippen molar-refractivity contribution in [1.29, 1.82) is 0 Å². The zero-order valence-electron chi connectivity index (χ0n) is 10.3. The third-order valence-electron chi connectivity index (χ3n) is 2.90. The molecule has 0 bridgehead atoms. The van der Waals surface area contributed by atoms with Crippen LogP contribution in [0.1, 0.15) is 24.2 Å². The molecule has 0 fully saturated rings. The van der Waals surface area contributed by atoms with Crippen molar-refractivity contribution in [2.45, 2.75) is 19.5 Å². The molecule has 2 rings (SSSR count). The van der Waals surface area contributed by atoms with Gasteiger partial charge in [-0.15, -0.1) is 0 Å². The van der Waals surface area contributed by atoms with E-state index in [-0.39, 0.29) is 6.04 Å². The second-order valence-corrected chi connectivity index (χ2v) is 6.07. The SMILES string of the molecule is CCn1ncc(Br)c1C(NC)c1ccc(I)cc1. The molecule has 0 amide bonds. The molecular formula is C13H15BrIN3. The first-order valence-corrected chi connectivity index (χ1v) is 7.68. The molecule has 0 spiro atoms. The van der Waals surface area contributed by atoms with E-state index in [0.717, 1.165) is 11.0 Å². The Morgan fingerprint density at radius 1 is 1.39 bits per heavy atom. The molecule has 0 aliphatic heterocycles. The zero-order valence-corrected chi connectivity index (χ0v) is 14.1. The lowest BCUT2D eigenvalue weighted by Crippen LogP contribution is -2.21. The van der Waals surface area contributed by atoms with Gasteiger partial charge in [0.15, 0.2) is 0 Å². The van der Waals surface area contributed by atoms with Crippen LogP contribution in [0.5, 0.6) is 0 Å². The van der Waals surface area contributed by atoms with E-state index in [1.807, 2.05) is 17.9 Å². The molecule has 1 N–H and O–H groups in total. The van der Waals surface area contributed by atoms with Crippen LogP contribution in [0.25, 0.3) is 0 Å². The number of nitrogens with one attached hydrogen (secondary N) is 1. The molecular weight excluding hydrogens is 405 g/mol. The van der Waals surface area contributed by atoms with Gasteiger partial charge in [0.1, 0.15) is 0 Å². The van der Waals surface area contributed by atoms with Crippen molar-refractivity contribution in [2.24, 2.45) is 0 Å². The predicted molar refractivity (Wildman–Crippen MR) is 85.7 cm³/mol. The molecule has 0 aliphatic carbocycles. The standard InChI is InChI=1S/C13H15BrIN3/c1-3-18-13(11(14)8-17-18)12(16-2)9-4-6-10(15)7-5-9/h4-8,12,16H,3H2,1-2H3. The maximum absolute atomic E-state index is 4.37. The van der Waals surface area contributed by atoms with Gasteiger partial charge in [-0.3, -0.25) is 4.68 Å². The molecule has 1 atom stereocenters. The molecule has 96 valence electrons. The number of benzene rings is 1. The van der Waals surface area contributed by atoms with Gasteiger partial charge >= 0.3 is 0 Å². The maximum atomic E-state index is 4.37. The Kier molecular flexibility index (Phi) is 4.80. The minimum atomic E-state index is 0.152. The quantitative estimate of drug-likeness (QED) is 0.767. The second kappa shape index (κ2) is 6.16. The van der Waals surface area contributed by atoms with Gasteiger partial charge in [0, 0.05) is 10.1 Å². The molecule has 1 aromatic heterocycles. The smallest absolute Gasteiger partial charge is 0.0757 e. The molecule has 3 nitrogen and oxygen atoms in total. The van der Waals surface area contributed by atoms with Crippen LogP contribution in [-0.2, 0) is 6.54 Å². The third-order valence-corrected chi connectivity index (χ3v) is 4.23. The van der Waals surface area contributed by atoms with Crippen molar-refractivity contribution in [3.05, 3.63) is 49.8 Å². The molecule has 5 heteroatoms. The number of rotatable bonds is 4. The van der Waals surface area contributed by atoms with E-state index in [1.165, 1.54) is 14.8 Å². The summed E-state index contributed by atoms with van der Waals surface area (Å²) >= 11 is 5.91. The molecule has 0 saturated heterocycles. The fraction of sp³-hybridized carbons (Fsp3) is 0.308. The molecule has 1 unspecified atom stereocenters. The lowest BCUT2D eigenvalue weighted by atomic mass is 10.0. The minimum absolute atomic E-state index is 0.152. The summed E-state index contributed by atoms with van der Waals surface area (Å²) in [6.07, 6.45) is 1.86. The summed E-state index contributed by atoms with van der Waals surface area (Å²) in [7, 11) is 1.97. The first-order valence-electron chi connectivity index (χ1n) is 5.81. The average molecular weight is 420 g/mol. The van der Waals surface area contributed by atoms with E-state index in [9.17, 15) is 0 Å². The summed E-state index contributed by atoms with van der Waals surface area (Å²) in [5.74, 6) is 0. The summed E-state index contributed by atoms with van der Waals surface area (Å²) in [6.45, 7) is 2.97. The van der Waals surface area contributed by atoms with Crippen molar-refractivity contribution in [1.82, 2.24) is 15.1 Å². The Labute approximate surface area is 129 Å². The van der Waals surface area contributed by atoms with Crippen LogP contribution in [-0.4, -0.2) is 16.8 Å². The normalized spacial score (nSPS) is 12.7. The predicted octanol–water partition coefficient (Wildman–Crippen LogP) is 3.58. The van der Waals surface area contributed by atoms with Crippen LogP contribution in [0.2, 0.25) is 0 Å². The Hall–Kier alpha value is -0.400. The summed E-state index contributed by atoms with van der Waals surface area (Å²) < 4.78 is 4.31. The maximum Gasteiger partial charge on any atom is 0.0757 e. The number of nitrogens with zero attached hydrogens (tertiary/aromatic N) is 2. The van der Waals surface area contributed by atoms with Crippen molar-refractivity contribution >= 4 is 38.5 Å². The lowest BCUT2D eigenvalue weighted by Gasteiger charge is -2.19. The molecule has 18 heavy (non-hydrogen) atoms. The number of aryl methyl sites for hydroxylation is 1. The van der Waals surface area contributed by atoms with E-state index in [2.05, 4.69) is 80.1 Å². The summed E-state index contributed by atoms with van der Waals surface area (Å²) in [4.78, 5) is 0. The van der Waals surface area contributed by atoms with E-state index in [0.29, 0.717) is 0 Å². The highest BCUT2D eigenvalue weighted by atomic mass is 127. The molecule has 2 aromatic rings. The van der Waals surface area contributed by atoms with Crippen LogP contribution in [0.3, 0.4) is 0 Å². The van der Waals surface area contributed by atoms with Crippen molar-refractivity contribution in [3.63, 3.8) is 0 Å². The first kappa shape index (κ1) is 14.0. The third kappa shape index (κ3) is 2.78. The van der Waals surface area contributed by atoms with Gasteiger partial charge in [-0.25, -0.2) is 0 Å². The van der Waals surface area contributed by atoms with Crippen molar-refractivity contribution in [3.8, 4) is 0 Å². The Morgan fingerprint density at radius 2 is 2.06 bits per heavy atom. The van der Waals surface area contributed by atoms with Crippen molar-refractivity contribution < 1.29 is 0 Å². The van der Waals surface area contributed by atoms with Gasteiger partial charge in [-0.1, -0.05) is 12.1 Å². The van der Waals surface area contributed by atoms with E-state index in [1.54, 1.807) is 0 Å². The average Bonchev–Trinajstić information content (AvgIpc) is 2.74. The topological polar surface area (TPSA) is 29.9 Å². The largest absolute Gasteiger partial charge is 0.308 e. The fourth-order valence-corrected chi connectivity index (χ4v) is 2.91. The highest BCUT2D eigenvalue weighted by molar-refractivity contribution is 14.1.